The fourth-order valence-corrected chi connectivity index (χ4v) is 3.65. The molecule has 0 saturated carbocycles. The van der Waals surface area contributed by atoms with E-state index in [0.717, 1.165) is 49.3 Å². The van der Waals surface area contributed by atoms with Crippen molar-refractivity contribution < 1.29 is 9.53 Å². The Hall–Kier alpha value is -2.87. The van der Waals surface area contributed by atoms with Crippen LogP contribution in [0.4, 0.5) is 0 Å². The molecule has 0 aromatic heterocycles. The van der Waals surface area contributed by atoms with Gasteiger partial charge in [0, 0.05) is 0 Å². The molecule has 33 heavy (non-hydrogen) atoms. The average Bonchev–Trinajstić information content (AvgIpc) is 2.78. The zero-order valence-electron chi connectivity index (χ0n) is 21.1. The Kier molecular flexibility index (Phi) is 11.4. The molecule has 0 aliphatic rings. The molecular formula is C31H40O2. The molecule has 176 valence electrons. The number of benzene rings is 2. The third-order valence-corrected chi connectivity index (χ3v) is 5.79. The highest BCUT2D eigenvalue weighted by atomic mass is 16.5. The summed E-state index contributed by atoms with van der Waals surface area (Å²) in [6.45, 7) is 11.2. The van der Waals surface area contributed by atoms with Crippen LogP contribution in [-0.2, 0) is 4.74 Å². The van der Waals surface area contributed by atoms with Crippen molar-refractivity contribution in [1.82, 2.24) is 0 Å². The lowest BCUT2D eigenvalue weighted by atomic mass is 10.0. The van der Waals surface area contributed by atoms with Crippen molar-refractivity contribution in [2.24, 2.45) is 0 Å². The second-order valence-electron chi connectivity index (χ2n) is 9.21. The first-order chi connectivity index (χ1) is 15.8. The Labute approximate surface area is 200 Å². The summed E-state index contributed by atoms with van der Waals surface area (Å²) in [5.74, 6) is -0.273. The summed E-state index contributed by atoms with van der Waals surface area (Å²) in [6, 6.07) is 13.7. The van der Waals surface area contributed by atoms with E-state index in [1.54, 1.807) is 0 Å². The summed E-state index contributed by atoms with van der Waals surface area (Å²) in [5.41, 5.74) is 6.17. The smallest absolute Gasteiger partial charge is 0.338 e. The fraction of sp³-hybridized carbons (Fsp3) is 0.387. The SMILES string of the molecule is CC(C)=CCCC(C)=CCCC(C)=CCCC(C)=CCOC(=O)c1ccc2ccccc2c1. The zero-order chi connectivity index (χ0) is 24.1. The molecule has 2 aromatic rings. The van der Waals surface area contributed by atoms with Crippen LogP contribution < -0.4 is 0 Å². The quantitative estimate of drug-likeness (QED) is 0.241. The van der Waals surface area contributed by atoms with Crippen LogP contribution in [0.2, 0.25) is 0 Å². The van der Waals surface area contributed by atoms with Crippen LogP contribution in [0.25, 0.3) is 10.8 Å². The molecule has 0 atom stereocenters. The highest BCUT2D eigenvalue weighted by Gasteiger charge is 2.07. The summed E-state index contributed by atoms with van der Waals surface area (Å²) >= 11 is 0. The molecule has 0 bridgehead atoms. The molecule has 0 fully saturated rings. The lowest BCUT2D eigenvalue weighted by molar-refractivity contribution is 0.0549. The first-order valence-corrected chi connectivity index (χ1v) is 12.1. The lowest BCUT2D eigenvalue weighted by Crippen LogP contribution is -2.05. The zero-order valence-corrected chi connectivity index (χ0v) is 21.1. The van der Waals surface area contributed by atoms with Gasteiger partial charge in [0.1, 0.15) is 6.61 Å². The number of hydrogen-bond acceptors (Lipinski definition) is 2. The Morgan fingerprint density at radius 2 is 1.24 bits per heavy atom. The first-order valence-electron chi connectivity index (χ1n) is 12.1. The molecule has 2 nitrogen and oxygen atoms in total. The van der Waals surface area contributed by atoms with Crippen molar-refractivity contribution in [3.05, 3.63) is 94.6 Å². The van der Waals surface area contributed by atoms with E-state index in [1.807, 2.05) is 48.5 Å². The van der Waals surface area contributed by atoms with E-state index in [2.05, 4.69) is 52.8 Å². The normalized spacial score (nSPS) is 12.7. The van der Waals surface area contributed by atoms with Crippen LogP contribution >= 0.6 is 0 Å². The van der Waals surface area contributed by atoms with Crippen molar-refractivity contribution in [3.8, 4) is 0 Å². The molecular weight excluding hydrogens is 404 g/mol. The largest absolute Gasteiger partial charge is 0.458 e. The minimum Gasteiger partial charge on any atom is -0.458 e. The van der Waals surface area contributed by atoms with E-state index in [9.17, 15) is 4.79 Å². The van der Waals surface area contributed by atoms with Crippen molar-refractivity contribution in [2.45, 2.75) is 73.1 Å². The van der Waals surface area contributed by atoms with Crippen molar-refractivity contribution in [1.29, 1.82) is 0 Å². The minimum atomic E-state index is -0.273. The maximum absolute atomic E-state index is 12.3. The van der Waals surface area contributed by atoms with E-state index < -0.39 is 0 Å². The summed E-state index contributed by atoms with van der Waals surface area (Å²) in [4.78, 5) is 12.3. The molecule has 2 aromatic carbocycles. The molecule has 0 spiro atoms. The lowest BCUT2D eigenvalue weighted by Gasteiger charge is -2.05. The van der Waals surface area contributed by atoms with Crippen LogP contribution in [0, 0.1) is 0 Å². The number of hydrogen-bond donors (Lipinski definition) is 0. The molecule has 2 rings (SSSR count). The maximum atomic E-state index is 12.3. The van der Waals surface area contributed by atoms with Crippen molar-refractivity contribution in [2.75, 3.05) is 6.61 Å². The van der Waals surface area contributed by atoms with Crippen molar-refractivity contribution >= 4 is 16.7 Å². The van der Waals surface area contributed by atoms with E-state index in [1.165, 1.54) is 22.3 Å². The third-order valence-electron chi connectivity index (χ3n) is 5.79. The molecule has 0 saturated heterocycles. The van der Waals surface area contributed by atoms with E-state index in [4.69, 9.17) is 4.74 Å². The van der Waals surface area contributed by atoms with E-state index in [0.29, 0.717) is 12.2 Å². The number of ether oxygens (including phenoxy) is 1. The van der Waals surface area contributed by atoms with Crippen molar-refractivity contribution in [3.63, 3.8) is 0 Å². The highest BCUT2D eigenvalue weighted by molar-refractivity contribution is 5.95. The van der Waals surface area contributed by atoms with Gasteiger partial charge in [-0.25, -0.2) is 4.79 Å². The van der Waals surface area contributed by atoms with Gasteiger partial charge in [-0.05, 0) is 102 Å². The molecule has 0 heterocycles. The Morgan fingerprint density at radius 1 is 0.697 bits per heavy atom. The Bertz CT molecular complexity index is 1030. The minimum absolute atomic E-state index is 0.273. The van der Waals surface area contributed by atoms with Gasteiger partial charge in [0.15, 0.2) is 0 Å². The number of allylic oxidation sites excluding steroid dienone is 7. The van der Waals surface area contributed by atoms with Crippen LogP contribution in [0.1, 0.15) is 83.5 Å². The van der Waals surface area contributed by atoms with Gasteiger partial charge in [-0.2, -0.15) is 0 Å². The molecule has 2 heteroatoms. The Balaban J connectivity index is 1.68. The number of fused-ring (bicyclic) bond motifs is 1. The van der Waals surface area contributed by atoms with Crippen LogP contribution in [0.15, 0.2) is 89.1 Å². The second-order valence-corrected chi connectivity index (χ2v) is 9.21. The van der Waals surface area contributed by atoms with Gasteiger partial charge >= 0.3 is 5.97 Å². The molecule has 0 N–H and O–H groups in total. The molecule has 0 aliphatic heterocycles. The molecule has 0 radical (unpaired) electrons. The standard InChI is InChI=1S/C31H40O2/c1-24(2)11-8-12-25(3)13-9-14-26(4)15-10-16-27(5)21-22-33-31(32)30-20-19-28-17-6-7-18-29(28)23-30/h6-7,11,13,15,17-21,23H,8-10,12,14,16,22H2,1-5H3. The highest BCUT2D eigenvalue weighted by Crippen LogP contribution is 2.17. The average molecular weight is 445 g/mol. The first kappa shape index (κ1) is 26.4. The van der Waals surface area contributed by atoms with Crippen LogP contribution in [0.5, 0.6) is 0 Å². The summed E-state index contributed by atoms with van der Waals surface area (Å²) < 4.78 is 5.45. The molecule has 0 amide bonds. The van der Waals surface area contributed by atoms with E-state index >= 15 is 0 Å². The van der Waals surface area contributed by atoms with Gasteiger partial charge in [0.2, 0.25) is 0 Å². The van der Waals surface area contributed by atoms with Crippen LogP contribution in [-0.4, -0.2) is 12.6 Å². The monoisotopic (exact) mass is 444 g/mol. The summed E-state index contributed by atoms with van der Waals surface area (Å²) in [7, 11) is 0. The van der Waals surface area contributed by atoms with Gasteiger partial charge in [-0.3, -0.25) is 0 Å². The number of esters is 1. The van der Waals surface area contributed by atoms with Gasteiger partial charge in [-0.1, -0.05) is 70.9 Å². The Morgan fingerprint density at radius 3 is 1.85 bits per heavy atom. The molecule has 0 aliphatic carbocycles. The van der Waals surface area contributed by atoms with Gasteiger partial charge in [0.25, 0.3) is 0 Å². The topological polar surface area (TPSA) is 26.3 Å². The predicted octanol–water partition coefficient (Wildman–Crippen LogP) is 9.14. The maximum Gasteiger partial charge on any atom is 0.338 e. The predicted molar refractivity (Wildman–Crippen MR) is 143 cm³/mol. The van der Waals surface area contributed by atoms with Gasteiger partial charge < -0.3 is 4.74 Å². The number of rotatable bonds is 12. The second kappa shape index (κ2) is 14.3. The number of carbonyl (C=O) groups is 1. The van der Waals surface area contributed by atoms with E-state index in [-0.39, 0.29) is 5.97 Å². The third kappa shape index (κ3) is 10.5. The molecule has 0 unspecified atom stereocenters. The summed E-state index contributed by atoms with van der Waals surface area (Å²) in [5, 5.41) is 2.17. The fourth-order valence-electron chi connectivity index (χ4n) is 3.65. The van der Waals surface area contributed by atoms with Crippen LogP contribution in [0.3, 0.4) is 0 Å². The summed E-state index contributed by atoms with van der Waals surface area (Å²) in [6.07, 6.45) is 15.6. The van der Waals surface area contributed by atoms with Gasteiger partial charge in [-0.15, -0.1) is 0 Å². The van der Waals surface area contributed by atoms with Gasteiger partial charge in [0.05, 0.1) is 5.56 Å². The number of carbonyl (C=O) groups excluding carboxylic acids is 1.